The van der Waals surface area contributed by atoms with Gasteiger partial charge in [-0.15, -0.1) is 0 Å². The number of likely N-dealkylation sites (tertiary alicyclic amines) is 1. The summed E-state index contributed by atoms with van der Waals surface area (Å²) in [7, 11) is 0. The van der Waals surface area contributed by atoms with Crippen LogP contribution in [0.5, 0.6) is 0 Å². The van der Waals surface area contributed by atoms with Crippen LogP contribution in [0.2, 0.25) is 0 Å². The highest BCUT2D eigenvalue weighted by atomic mass is 19.1. The van der Waals surface area contributed by atoms with Crippen molar-refractivity contribution >= 4 is 23.1 Å². The third kappa shape index (κ3) is 2.67. The highest BCUT2D eigenvalue weighted by molar-refractivity contribution is 6.45. The second-order valence-corrected chi connectivity index (χ2v) is 6.35. The zero-order valence-electron chi connectivity index (χ0n) is 13.9. The Hall–Kier alpha value is -3.02. The molecule has 2 aliphatic rings. The molecular weight excluding hydrogens is 338 g/mol. The normalized spacial score (nSPS) is 17.6. The van der Waals surface area contributed by atoms with Crippen LogP contribution in [-0.4, -0.2) is 29.8 Å². The Morgan fingerprint density at radius 2 is 1.27 bits per heavy atom. The minimum Gasteiger partial charge on any atom is -0.366 e. The SMILES string of the molecule is O=C1C(c2ccc(F)cc2)=C(N2CCCC2)C(=O)N1c1ccc(F)cc1. The summed E-state index contributed by atoms with van der Waals surface area (Å²) >= 11 is 0. The molecule has 4 rings (SSSR count). The summed E-state index contributed by atoms with van der Waals surface area (Å²) < 4.78 is 26.5. The Kier molecular flexibility index (Phi) is 4.03. The van der Waals surface area contributed by atoms with Crippen molar-refractivity contribution in [2.45, 2.75) is 12.8 Å². The summed E-state index contributed by atoms with van der Waals surface area (Å²) in [6.45, 7) is 1.38. The summed E-state index contributed by atoms with van der Waals surface area (Å²) in [6, 6.07) is 10.8. The van der Waals surface area contributed by atoms with E-state index in [1.165, 1.54) is 48.5 Å². The molecule has 2 aromatic carbocycles. The van der Waals surface area contributed by atoms with Gasteiger partial charge in [0.25, 0.3) is 11.8 Å². The topological polar surface area (TPSA) is 40.6 Å². The highest BCUT2D eigenvalue weighted by Gasteiger charge is 2.42. The number of carbonyl (C=O) groups is 2. The molecule has 0 spiro atoms. The van der Waals surface area contributed by atoms with E-state index in [-0.39, 0.29) is 5.57 Å². The Bertz CT molecular complexity index is 898. The van der Waals surface area contributed by atoms with Crippen LogP contribution in [0, 0.1) is 11.6 Å². The van der Waals surface area contributed by atoms with Crippen molar-refractivity contribution in [3.63, 3.8) is 0 Å². The lowest BCUT2D eigenvalue weighted by molar-refractivity contribution is -0.120. The molecule has 0 atom stereocenters. The van der Waals surface area contributed by atoms with Gasteiger partial charge in [0.15, 0.2) is 0 Å². The second kappa shape index (κ2) is 6.37. The number of rotatable bonds is 3. The van der Waals surface area contributed by atoms with Gasteiger partial charge in [-0.2, -0.15) is 0 Å². The standard InChI is InChI=1S/C20H16F2N2O2/c21-14-5-3-13(4-6-14)17-18(23-11-1-2-12-23)20(26)24(19(17)25)16-9-7-15(22)8-10-16/h3-10H,1-2,11-12H2. The van der Waals surface area contributed by atoms with Gasteiger partial charge in [-0.3, -0.25) is 9.59 Å². The number of anilines is 1. The van der Waals surface area contributed by atoms with E-state index in [4.69, 9.17) is 0 Å². The van der Waals surface area contributed by atoms with E-state index in [9.17, 15) is 18.4 Å². The van der Waals surface area contributed by atoms with Crippen molar-refractivity contribution < 1.29 is 18.4 Å². The van der Waals surface area contributed by atoms with Crippen LogP contribution in [0.1, 0.15) is 18.4 Å². The van der Waals surface area contributed by atoms with E-state index in [1.807, 2.05) is 4.90 Å². The number of nitrogens with zero attached hydrogens (tertiary/aromatic N) is 2. The Labute approximate surface area is 149 Å². The van der Waals surface area contributed by atoms with Crippen molar-refractivity contribution in [2.75, 3.05) is 18.0 Å². The second-order valence-electron chi connectivity index (χ2n) is 6.35. The molecule has 0 aromatic heterocycles. The van der Waals surface area contributed by atoms with Gasteiger partial charge in [0.1, 0.15) is 17.3 Å². The van der Waals surface area contributed by atoms with Crippen molar-refractivity contribution in [1.82, 2.24) is 4.90 Å². The third-order valence-corrected chi connectivity index (χ3v) is 4.70. The first-order chi connectivity index (χ1) is 12.6. The van der Waals surface area contributed by atoms with E-state index in [0.29, 0.717) is 30.0 Å². The maximum Gasteiger partial charge on any atom is 0.282 e. The van der Waals surface area contributed by atoms with E-state index < -0.39 is 23.4 Å². The molecule has 4 nitrogen and oxygen atoms in total. The molecule has 2 aromatic rings. The molecule has 0 radical (unpaired) electrons. The average molecular weight is 354 g/mol. The fourth-order valence-electron chi connectivity index (χ4n) is 3.45. The molecule has 132 valence electrons. The van der Waals surface area contributed by atoms with E-state index in [2.05, 4.69) is 0 Å². The van der Waals surface area contributed by atoms with Crippen molar-refractivity contribution in [3.8, 4) is 0 Å². The fourth-order valence-corrected chi connectivity index (χ4v) is 3.45. The first-order valence-electron chi connectivity index (χ1n) is 8.46. The summed E-state index contributed by atoms with van der Waals surface area (Å²) in [4.78, 5) is 29.1. The summed E-state index contributed by atoms with van der Waals surface area (Å²) in [5.74, 6) is -1.76. The monoisotopic (exact) mass is 354 g/mol. The first kappa shape index (κ1) is 16.4. The maximum absolute atomic E-state index is 13.3. The molecule has 2 heterocycles. The summed E-state index contributed by atoms with van der Waals surface area (Å²) in [6.07, 6.45) is 1.89. The number of carbonyl (C=O) groups excluding carboxylic acids is 2. The maximum atomic E-state index is 13.3. The van der Waals surface area contributed by atoms with E-state index in [0.717, 1.165) is 17.7 Å². The molecule has 6 heteroatoms. The molecule has 2 aliphatic heterocycles. The number of halogens is 2. The van der Waals surface area contributed by atoms with Gasteiger partial charge < -0.3 is 4.90 Å². The van der Waals surface area contributed by atoms with Crippen molar-refractivity contribution in [3.05, 3.63) is 71.4 Å². The number of imide groups is 1. The van der Waals surface area contributed by atoms with Gasteiger partial charge >= 0.3 is 0 Å². The molecule has 0 N–H and O–H groups in total. The zero-order valence-corrected chi connectivity index (χ0v) is 13.9. The Morgan fingerprint density at radius 3 is 1.85 bits per heavy atom. The lowest BCUT2D eigenvalue weighted by atomic mass is 10.0. The highest BCUT2D eigenvalue weighted by Crippen LogP contribution is 2.36. The molecule has 1 fully saturated rings. The van der Waals surface area contributed by atoms with Gasteiger partial charge in [-0.05, 0) is 54.8 Å². The number of benzene rings is 2. The molecule has 1 saturated heterocycles. The smallest absolute Gasteiger partial charge is 0.282 e. The van der Waals surface area contributed by atoms with E-state index >= 15 is 0 Å². The number of hydrogen-bond donors (Lipinski definition) is 0. The van der Waals surface area contributed by atoms with Gasteiger partial charge in [0, 0.05) is 13.1 Å². The predicted molar refractivity (Wildman–Crippen MR) is 93.0 cm³/mol. The number of amides is 2. The zero-order chi connectivity index (χ0) is 18.3. The lowest BCUT2D eigenvalue weighted by Crippen LogP contribution is -2.34. The minimum absolute atomic E-state index is 0.265. The van der Waals surface area contributed by atoms with Gasteiger partial charge in [-0.1, -0.05) is 12.1 Å². The molecule has 0 saturated carbocycles. The van der Waals surface area contributed by atoms with Crippen molar-refractivity contribution in [2.24, 2.45) is 0 Å². The quantitative estimate of drug-likeness (QED) is 0.794. The predicted octanol–water partition coefficient (Wildman–Crippen LogP) is 3.35. The molecule has 2 amide bonds. The van der Waals surface area contributed by atoms with Crippen LogP contribution in [0.4, 0.5) is 14.5 Å². The molecule has 0 unspecified atom stereocenters. The summed E-state index contributed by atoms with van der Waals surface area (Å²) in [5.41, 5.74) is 1.41. The van der Waals surface area contributed by atoms with Gasteiger partial charge in [0.2, 0.25) is 0 Å². The van der Waals surface area contributed by atoms with Gasteiger partial charge in [0.05, 0.1) is 11.3 Å². The molecule has 0 aliphatic carbocycles. The lowest BCUT2D eigenvalue weighted by Gasteiger charge is -2.20. The van der Waals surface area contributed by atoms with Crippen LogP contribution < -0.4 is 4.90 Å². The van der Waals surface area contributed by atoms with E-state index in [1.54, 1.807) is 0 Å². The largest absolute Gasteiger partial charge is 0.366 e. The van der Waals surface area contributed by atoms with Crippen LogP contribution in [0.25, 0.3) is 5.57 Å². The molecule has 26 heavy (non-hydrogen) atoms. The molecular formula is C20H16F2N2O2. The Balaban J connectivity index is 1.82. The number of hydrogen-bond acceptors (Lipinski definition) is 3. The van der Waals surface area contributed by atoms with Crippen molar-refractivity contribution in [1.29, 1.82) is 0 Å². The minimum atomic E-state index is -0.477. The van der Waals surface area contributed by atoms with Crippen LogP contribution in [0.3, 0.4) is 0 Å². The summed E-state index contributed by atoms with van der Waals surface area (Å²) in [5, 5.41) is 0. The average Bonchev–Trinajstić information content (AvgIpc) is 3.23. The first-order valence-corrected chi connectivity index (χ1v) is 8.46. The Morgan fingerprint density at radius 1 is 0.731 bits per heavy atom. The van der Waals surface area contributed by atoms with Gasteiger partial charge in [-0.25, -0.2) is 13.7 Å². The van der Waals surface area contributed by atoms with Crippen LogP contribution >= 0.6 is 0 Å². The molecule has 0 bridgehead atoms. The van der Waals surface area contributed by atoms with Crippen LogP contribution in [-0.2, 0) is 9.59 Å². The third-order valence-electron chi connectivity index (χ3n) is 4.70. The fraction of sp³-hybridized carbons (Fsp3) is 0.200. The van der Waals surface area contributed by atoms with Crippen LogP contribution in [0.15, 0.2) is 54.2 Å².